The molecule has 0 saturated carbocycles. The number of aromatic nitrogens is 4. The molecule has 78 valence electrons. The summed E-state index contributed by atoms with van der Waals surface area (Å²) in [5.41, 5.74) is 2.02. The van der Waals surface area contributed by atoms with Gasteiger partial charge in [0.25, 0.3) is 0 Å². The average Bonchev–Trinajstić information content (AvgIpc) is 2.67. The van der Waals surface area contributed by atoms with Gasteiger partial charge in [0.15, 0.2) is 5.82 Å². The number of hydrogen-bond donors (Lipinski definition) is 1. The third-order valence-electron chi connectivity index (χ3n) is 2.16. The van der Waals surface area contributed by atoms with Crippen molar-refractivity contribution in [3.63, 3.8) is 0 Å². The van der Waals surface area contributed by atoms with Gasteiger partial charge >= 0.3 is 0 Å². The summed E-state index contributed by atoms with van der Waals surface area (Å²) in [6, 6.07) is 1.93. The second kappa shape index (κ2) is 3.98. The average molecular weight is 223 g/mol. The second-order valence-corrected chi connectivity index (χ2v) is 4.01. The number of alkyl halides is 1. The number of nitrogens with zero attached hydrogens (tertiary/aromatic N) is 3. The fraction of sp³-hybridized carbons (Fsp3) is 0.300. The quantitative estimate of drug-likeness (QED) is 0.795. The molecular formula is C10H11ClN4. The van der Waals surface area contributed by atoms with E-state index in [9.17, 15) is 0 Å². The van der Waals surface area contributed by atoms with E-state index in [4.69, 9.17) is 11.6 Å². The molecule has 4 nitrogen and oxygen atoms in total. The van der Waals surface area contributed by atoms with Gasteiger partial charge in [0.2, 0.25) is 0 Å². The van der Waals surface area contributed by atoms with Crippen LogP contribution in [0.1, 0.15) is 23.7 Å². The van der Waals surface area contributed by atoms with E-state index in [1.54, 1.807) is 12.4 Å². The van der Waals surface area contributed by atoms with E-state index in [2.05, 4.69) is 20.2 Å². The van der Waals surface area contributed by atoms with E-state index in [0.29, 0.717) is 11.6 Å². The summed E-state index contributed by atoms with van der Waals surface area (Å²) in [5, 5.41) is 6.75. The summed E-state index contributed by atoms with van der Waals surface area (Å²) < 4.78 is 0. The monoisotopic (exact) mass is 222 g/mol. The third-order valence-corrected chi connectivity index (χ3v) is 2.37. The molecule has 0 amide bonds. The lowest BCUT2D eigenvalue weighted by Gasteiger charge is -1.98. The second-order valence-electron chi connectivity index (χ2n) is 3.35. The summed E-state index contributed by atoms with van der Waals surface area (Å²) in [6.45, 7) is 3.85. The number of aryl methyl sites for hydroxylation is 1. The van der Waals surface area contributed by atoms with Crippen LogP contribution in [-0.2, 0) is 0 Å². The Kier molecular flexibility index (Phi) is 2.68. The Morgan fingerprint density at radius 2 is 2.27 bits per heavy atom. The van der Waals surface area contributed by atoms with Gasteiger partial charge in [0.05, 0.1) is 5.38 Å². The highest BCUT2D eigenvalue weighted by Crippen LogP contribution is 2.21. The lowest BCUT2D eigenvalue weighted by atomic mass is 10.1. The first-order valence-electron chi connectivity index (χ1n) is 4.66. The van der Waals surface area contributed by atoms with Crippen molar-refractivity contribution in [1.82, 2.24) is 20.2 Å². The predicted molar refractivity (Wildman–Crippen MR) is 58.6 cm³/mol. The number of rotatable bonds is 2. The van der Waals surface area contributed by atoms with E-state index in [1.165, 1.54) is 0 Å². The Bertz CT molecular complexity index is 464. The molecule has 1 unspecified atom stereocenters. The van der Waals surface area contributed by atoms with Crippen LogP contribution in [0.25, 0.3) is 11.4 Å². The largest absolute Gasteiger partial charge is 0.264 e. The zero-order valence-electron chi connectivity index (χ0n) is 8.53. The fourth-order valence-electron chi connectivity index (χ4n) is 1.27. The SMILES string of the molecule is Cc1ccncc1-c1n[nH]c(C(C)Cl)n1. The maximum atomic E-state index is 5.89. The van der Waals surface area contributed by atoms with Crippen molar-refractivity contribution in [1.29, 1.82) is 0 Å². The smallest absolute Gasteiger partial charge is 0.183 e. The molecule has 0 aliphatic carbocycles. The Balaban J connectivity index is 2.42. The van der Waals surface area contributed by atoms with Crippen molar-refractivity contribution in [2.24, 2.45) is 0 Å². The first-order chi connectivity index (χ1) is 7.18. The number of nitrogens with one attached hydrogen (secondary N) is 1. The topological polar surface area (TPSA) is 54.5 Å². The number of pyridine rings is 1. The Morgan fingerprint density at radius 3 is 2.87 bits per heavy atom. The molecule has 1 N–H and O–H groups in total. The number of halogens is 1. The van der Waals surface area contributed by atoms with Gasteiger partial charge in [-0.2, -0.15) is 5.10 Å². The zero-order valence-corrected chi connectivity index (χ0v) is 9.28. The molecule has 0 aliphatic rings. The molecule has 2 heterocycles. The van der Waals surface area contributed by atoms with Crippen LogP contribution < -0.4 is 0 Å². The van der Waals surface area contributed by atoms with Gasteiger partial charge in [0, 0.05) is 18.0 Å². The minimum Gasteiger partial charge on any atom is -0.264 e. The van der Waals surface area contributed by atoms with Crippen LogP contribution in [0.3, 0.4) is 0 Å². The van der Waals surface area contributed by atoms with Gasteiger partial charge in [-0.15, -0.1) is 11.6 Å². The van der Waals surface area contributed by atoms with Gasteiger partial charge in [-0.25, -0.2) is 4.98 Å². The molecule has 0 saturated heterocycles. The summed E-state index contributed by atoms with van der Waals surface area (Å²) >= 11 is 5.89. The molecule has 2 rings (SSSR count). The molecule has 0 fully saturated rings. The van der Waals surface area contributed by atoms with E-state index >= 15 is 0 Å². The standard InChI is InChI=1S/C10H11ClN4/c1-6-3-4-12-5-8(6)10-13-9(7(2)11)14-15-10/h3-5,7H,1-2H3,(H,13,14,15). The van der Waals surface area contributed by atoms with Crippen LogP contribution in [0.5, 0.6) is 0 Å². The van der Waals surface area contributed by atoms with Crippen LogP contribution in [0.15, 0.2) is 18.5 Å². The Hall–Kier alpha value is -1.42. The maximum absolute atomic E-state index is 5.89. The summed E-state index contributed by atoms with van der Waals surface area (Å²) in [7, 11) is 0. The normalized spacial score (nSPS) is 12.7. The first-order valence-corrected chi connectivity index (χ1v) is 5.09. The van der Waals surface area contributed by atoms with Gasteiger partial charge in [0.1, 0.15) is 5.82 Å². The van der Waals surface area contributed by atoms with Crippen molar-refractivity contribution in [2.75, 3.05) is 0 Å². The molecule has 0 aromatic carbocycles. The summed E-state index contributed by atoms with van der Waals surface area (Å²) in [4.78, 5) is 8.35. The summed E-state index contributed by atoms with van der Waals surface area (Å²) in [6.07, 6.45) is 3.50. The van der Waals surface area contributed by atoms with Crippen LogP contribution >= 0.6 is 11.6 Å². The highest BCUT2D eigenvalue weighted by atomic mass is 35.5. The van der Waals surface area contributed by atoms with Gasteiger partial charge in [-0.3, -0.25) is 10.1 Å². The van der Waals surface area contributed by atoms with Crippen molar-refractivity contribution in [2.45, 2.75) is 19.2 Å². The Morgan fingerprint density at radius 1 is 1.47 bits per heavy atom. The highest BCUT2D eigenvalue weighted by Gasteiger charge is 2.11. The molecule has 15 heavy (non-hydrogen) atoms. The van der Waals surface area contributed by atoms with E-state index < -0.39 is 0 Å². The molecule has 0 bridgehead atoms. The lowest BCUT2D eigenvalue weighted by Crippen LogP contribution is -1.88. The van der Waals surface area contributed by atoms with Crippen LogP contribution in [0.4, 0.5) is 0 Å². The Labute approximate surface area is 92.7 Å². The van der Waals surface area contributed by atoms with E-state index in [1.807, 2.05) is 19.9 Å². The predicted octanol–water partition coefficient (Wildman–Crippen LogP) is 2.47. The summed E-state index contributed by atoms with van der Waals surface area (Å²) in [5.74, 6) is 1.32. The molecule has 0 radical (unpaired) electrons. The highest BCUT2D eigenvalue weighted by molar-refractivity contribution is 6.20. The zero-order chi connectivity index (χ0) is 10.8. The fourth-order valence-corrected chi connectivity index (χ4v) is 1.37. The molecule has 2 aromatic heterocycles. The minimum absolute atomic E-state index is 0.164. The number of aromatic amines is 1. The van der Waals surface area contributed by atoms with Gasteiger partial charge in [-0.05, 0) is 25.5 Å². The minimum atomic E-state index is -0.164. The molecule has 0 aliphatic heterocycles. The number of H-pyrrole nitrogens is 1. The van der Waals surface area contributed by atoms with E-state index in [-0.39, 0.29) is 5.38 Å². The van der Waals surface area contributed by atoms with Crippen molar-refractivity contribution in [3.8, 4) is 11.4 Å². The molecule has 5 heteroatoms. The third kappa shape index (κ3) is 1.99. The van der Waals surface area contributed by atoms with Crippen molar-refractivity contribution in [3.05, 3.63) is 29.8 Å². The first kappa shape index (κ1) is 10.1. The van der Waals surface area contributed by atoms with Crippen LogP contribution in [-0.4, -0.2) is 20.2 Å². The molecule has 2 aromatic rings. The van der Waals surface area contributed by atoms with Crippen LogP contribution in [0, 0.1) is 6.92 Å². The molecular weight excluding hydrogens is 212 g/mol. The maximum Gasteiger partial charge on any atom is 0.183 e. The molecule has 1 atom stereocenters. The molecule has 0 spiro atoms. The van der Waals surface area contributed by atoms with E-state index in [0.717, 1.165) is 11.1 Å². The van der Waals surface area contributed by atoms with Crippen molar-refractivity contribution < 1.29 is 0 Å². The lowest BCUT2D eigenvalue weighted by molar-refractivity contribution is 0.918. The van der Waals surface area contributed by atoms with Crippen LogP contribution in [0.2, 0.25) is 0 Å². The number of hydrogen-bond acceptors (Lipinski definition) is 3. The van der Waals surface area contributed by atoms with Crippen molar-refractivity contribution >= 4 is 11.6 Å². The van der Waals surface area contributed by atoms with Gasteiger partial charge in [-0.1, -0.05) is 0 Å². The van der Waals surface area contributed by atoms with Gasteiger partial charge < -0.3 is 0 Å².